The summed E-state index contributed by atoms with van der Waals surface area (Å²) < 4.78 is 29.1. The molecule has 1 heterocycles. The number of aryl methyl sites for hydroxylation is 3. The maximum absolute atomic E-state index is 13.1. The molecule has 3 aromatic carbocycles. The minimum absolute atomic E-state index is 0.0923. The van der Waals surface area contributed by atoms with Crippen molar-refractivity contribution >= 4 is 33.1 Å². The zero-order valence-corrected chi connectivity index (χ0v) is 22.7. The SMILES string of the molecule is CCc1ccc(S(=O)(=O)N[C@@H]2CCc3ccc(Nc4ncccc4NC(=O)CCc4ccccc4)cc32)cc1. The summed E-state index contributed by atoms with van der Waals surface area (Å²) in [6.07, 6.45) is 5.02. The van der Waals surface area contributed by atoms with Crippen molar-refractivity contribution in [2.45, 2.75) is 50.0 Å². The second kappa shape index (κ2) is 11.8. The molecule has 0 aliphatic heterocycles. The van der Waals surface area contributed by atoms with E-state index in [-0.39, 0.29) is 16.8 Å². The maximum Gasteiger partial charge on any atom is 0.241 e. The van der Waals surface area contributed by atoms with Crippen molar-refractivity contribution in [3.63, 3.8) is 0 Å². The Balaban J connectivity index is 1.28. The van der Waals surface area contributed by atoms with Gasteiger partial charge in [-0.1, -0.05) is 55.5 Å². The molecule has 0 saturated heterocycles. The number of hydrogen-bond donors (Lipinski definition) is 3. The summed E-state index contributed by atoms with van der Waals surface area (Å²) in [5.74, 6) is 0.432. The second-order valence-corrected chi connectivity index (χ2v) is 11.4. The van der Waals surface area contributed by atoms with Crippen LogP contribution in [0.4, 0.5) is 17.2 Å². The third-order valence-corrected chi connectivity index (χ3v) is 8.48. The predicted molar refractivity (Wildman–Crippen MR) is 155 cm³/mol. The van der Waals surface area contributed by atoms with Crippen LogP contribution in [0.25, 0.3) is 0 Å². The van der Waals surface area contributed by atoms with E-state index in [1.165, 1.54) is 0 Å². The van der Waals surface area contributed by atoms with Gasteiger partial charge in [-0.3, -0.25) is 4.79 Å². The van der Waals surface area contributed by atoms with Crippen molar-refractivity contribution in [1.82, 2.24) is 9.71 Å². The zero-order valence-electron chi connectivity index (χ0n) is 21.9. The molecular formula is C31H32N4O3S. The monoisotopic (exact) mass is 540 g/mol. The quantitative estimate of drug-likeness (QED) is 0.232. The second-order valence-electron chi connectivity index (χ2n) is 9.68. The van der Waals surface area contributed by atoms with Gasteiger partial charge in [-0.05, 0) is 84.3 Å². The van der Waals surface area contributed by atoms with Gasteiger partial charge in [0.2, 0.25) is 15.9 Å². The van der Waals surface area contributed by atoms with Gasteiger partial charge < -0.3 is 10.6 Å². The number of carbonyl (C=O) groups excluding carboxylic acids is 1. The predicted octanol–water partition coefficient (Wildman–Crippen LogP) is 5.92. The van der Waals surface area contributed by atoms with E-state index in [4.69, 9.17) is 0 Å². The number of anilines is 3. The lowest BCUT2D eigenvalue weighted by atomic mass is 10.1. The lowest BCUT2D eigenvalue weighted by Gasteiger charge is -2.17. The van der Waals surface area contributed by atoms with E-state index in [0.717, 1.165) is 40.8 Å². The van der Waals surface area contributed by atoms with Crippen molar-refractivity contribution in [3.8, 4) is 0 Å². The third kappa shape index (κ3) is 6.53. The molecule has 4 aromatic rings. The van der Waals surface area contributed by atoms with Gasteiger partial charge in [-0.25, -0.2) is 18.1 Å². The number of amides is 1. The van der Waals surface area contributed by atoms with Crippen LogP contribution in [-0.2, 0) is 34.1 Å². The van der Waals surface area contributed by atoms with Crippen LogP contribution >= 0.6 is 0 Å². The van der Waals surface area contributed by atoms with Crippen molar-refractivity contribution in [3.05, 3.63) is 113 Å². The number of benzene rings is 3. The van der Waals surface area contributed by atoms with Gasteiger partial charge in [0.05, 0.1) is 10.6 Å². The van der Waals surface area contributed by atoms with E-state index in [1.807, 2.05) is 73.7 Å². The van der Waals surface area contributed by atoms with Crippen molar-refractivity contribution in [1.29, 1.82) is 0 Å². The lowest BCUT2D eigenvalue weighted by Crippen LogP contribution is -2.27. The Kier molecular flexibility index (Phi) is 8.05. The zero-order chi connectivity index (χ0) is 27.2. The average molecular weight is 541 g/mol. The van der Waals surface area contributed by atoms with Gasteiger partial charge in [0.1, 0.15) is 0 Å². The molecule has 1 amide bonds. The highest BCUT2D eigenvalue weighted by atomic mass is 32.2. The standard InChI is InChI=1S/C31H32N4O3S/c1-2-22-10-16-26(17-11-22)39(37,38)35-28-18-14-24-13-15-25(21-27(24)28)33-31-29(9-6-20-32-31)34-30(36)19-12-23-7-4-3-5-8-23/h3-11,13,15-17,20-21,28,35H,2,12,14,18-19H2,1H3,(H,32,33)(H,34,36)/t28-/m1/s1. The van der Waals surface area contributed by atoms with Crippen molar-refractivity contribution < 1.29 is 13.2 Å². The minimum atomic E-state index is -3.66. The number of pyridine rings is 1. The number of sulfonamides is 1. The van der Waals surface area contributed by atoms with Crippen LogP contribution in [0.3, 0.4) is 0 Å². The number of carbonyl (C=O) groups is 1. The molecule has 1 aliphatic rings. The Morgan fingerprint density at radius 2 is 1.74 bits per heavy atom. The molecule has 1 aliphatic carbocycles. The minimum Gasteiger partial charge on any atom is -0.338 e. The van der Waals surface area contributed by atoms with Gasteiger partial charge in [0.25, 0.3) is 0 Å². The Morgan fingerprint density at radius 1 is 0.949 bits per heavy atom. The van der Waals surface area contributed by atoms with E-state index < -0.39 is 10.0 Å². The highest BCUT2D eigenvalue weighted by Crippen LogP contribution is 2.35. The van der Waals surface area contributed by atoms with Gasteiger partial charge in [0, 0.05) is 24.3 Å². The first-order valence-corrected chi connectivity index (χ1v) is 14.7. The Morgan fingerprint density at radius 3 is 2.51 bits per heavy atom. The first-order valence-electron chi connectivity index (χ1n) is 13.2. The Bertz CT molecular complexity index is 1550. The molecule has 1 atom stereocenters. The number of hydrogen-bond acceptors (Lipinski definition) is 5. The van der Waals surface area contributed by atoms with Crippen molar-refractivity contribution in [2.75, 3.05) is 10.6 Å². The van der Waals surface area contributed by atoms with Gasteiger partial charge in [-0.2, -0.15) is 0 Å². The van der Waals surface area contributed by atoms with E-state index in [0.29, 0.717) is 30.8 Å². The van der Waals surface area contributed by atoms with E-state index in [9.17, 15) is 13.2 Å². The molecule has 200 valence electrons. The van der Waals surface area contributed by atoms with Gasteiger partial charge in [0.15, 0.2) is 5.82 Å². The fourth-order valence-corrected chi connectivity index (χ4v) is 6.07. The number of rotatable bonds is 10. The number of aromatic nitrogens is 1. The summed E-state index contributed by atoms with van der Waals surface area (Å²) in [6, 6.07) is 26.1. The van der Waals surface area contributed by atoms with Crippen LogP contribution in [0.1, 0.15) is 48.1 Å². The summed E-state index contributed by atoms with van der Waals surface area (Å²) in [7, 11) is -3.66. The summed E-state index contributed by atoms with van der Waals surface area (Å²) in [4.78, 5) is 17.3. The number of nitrogens with zero attached hydrogens (tertiary/aromatic N) is 1. The molecule has 0 fully saturated rings. The summed E-state index contributed by atoms with van der Waals surface area (Å²) >= 11 is 0. The molecule has 0 radical (unpaired) electrons. The Hall–Kier alpha value is -4.01. The average Bonchev–Trinajstić information content (AvgIpc) is 3.34. The third-order valence-electron chi connectivity index (χ3n) is 6.99. The molecule has 8 heteroatoms. The molecule has 5 rings (SSSR count). The summed E-state index contributed by atoms with van der Waals surface area (Å²) in [5.41, 5.74) is 5.62. The van der Waals surface area contributed by atoms with E-state index >= 15 is 0 Å². The molecular weight excluding hydrogens is 508 g/mol. The molecule has 3 N–H and O–H groups in total. The normalized spacial score (nSPS) is 14.5. The first-order chi connectivity index (χ1) is 18.9. The summed E-state index contributed by atoms with van der Waals surface area (Å²) in [5, 5.41) is 6.27. The van der Waals surface area contributed by atoms with Gasteiger partial charge >= 0.3 is 0 Å². The molecule has 39 heavy (non-hydrogen) atoms. The fraction of sp³-hybridized carbons (Fsp3) is 0.226. The molecule has 0 saturated carbocycles. The number of nitrogens with one attached hydrogen (secondary N) is 3. The maximum atomic E-state index is 13.1. The van der Waals surface area contributed by atoms with E-state index in [1.54, 1.807) is 24.4 Å². The van der Waals surface area contributed by atoms with Crippen LogP contribution in [0, 0.1) is 0 Å². The molecule has 1 aromatic heterocycles. The van der Waals surface area contributed by atoms with Crippen LogP contribution < -0.4 is 15.4 Å². The topological polar surface area (TPSA) is 100 Å². The van der Waals surface area contributed by atoms with Gasteiger partial charge in [-0.15, -0.1) is 0 Å². The summed E-state index contributed by atoms with van der Waals surface area (Å²) in [6.45, 7) is 2.04. The molecule has 0 unspecified atom stereocenters. The Labute approximate surface area is 229 Å². The lowest BCUT2D eigenvalue weighted by molar-refractivity contribution is -0.116. The largest absolute Gasteiger partial charge is 0.338 e. The molecule has 0 spiro atoms. The van der Waals surface area contributed by atoms with E-state index in [2.05, 4.69) is 20.3 Å². The van der Waals surface area contributed by atoms with Crippen LogP contribution in [0.15, 0.2) is 96.0 Å². The van der Waals surface area contributed by atoms with Crippen LogP contribution in [0.5, 0.6) is 0 Å². The highest BCUT2D eigenvalue weighted by molar-refractivity contribution is 7.89. The fourth-order valence-electron chi connectivity index (χ4n) is 4.82. The van der Waals surface area contributed by atoms with Crippen LogP contribution in [0.2, 0.25) is 0 Å². The first kappa shape index (κ1) is 26.6. The molecule has 7 nitrogen and oxygen atoms in total. The van der Waals surface area contributed by atoms with Crippen LogP contribution in [-0.4, -0.2) is 19.3 Å². The number of fused-ring (bicyclic) bond motifs is 1. The smallest absolute Gasteiger partial charge is 0.241 e. The molecule has 0 bridgehead atoms. The highest BCUT2D eigenvalue weighted by Gasteiger charge is 2.28. The van der Waals surface area contributed by atoms with Crippen molar-refractivity contribution in [2.24, 2.45) is 0 Å².